The molecule has 122 valence electrons. The van der Waals surface area contributed by atoms with Crippen LogP contribution in [0.15, 0.2) is 48.5 Å². The first-order chi connectivity index (χ1) is 11.2. The molecule has 0 spiro atoms. The number of methoxy groups -OCH3 is 2. The number of benzene rings is 2. The van der Waals surface area contributed by atoms with Gasteiger partial charge in [0, 0.05) is 6.54 Å². The molecule has 0 radical (unpaired) electrons. The van der Waals surface area contributed by atoms with Crippen LogP contribution in [0.25, 0.3) is 0 Å². The molecule has 0 atom stereocenters. The Balaban J connectivity index is 1.72. The van der Waals surface area contributed by atoms with E-state index in [1.165, 1.54) is 5.56 Å². The van der Waals surface area contributed by atoms with Crippen molar-refractivity contribution in [3.05, 3.63) is 59.7 Å². The molecule has 0 saturated carbocycles. The monoisotopic (exact) mass is 313 g/mol. The maximum atomic E-state index is 11.9. The highest BCUT2D eigenvalue weighted by Crippen LogP contribution is 2.18. The van der Waals surface area contributed by atoms with Gasteiger partial charge in [0.1, 0.15) is 11.5 Å². The molecule has 4 nitrogen and oxygen atoms in total. The minimum Gasteiger partial charge on any atom is -0.497 e. The molecule has 2 aromatic carbocycles. The molecule has 0 aliphatic carbocycles. The van der Waals surface area contributed by atoms with Crippen molar-refractivity contribution in [1.29, 1.82) is 0 Å². The average molecular weight is 313 g/mol. The van der Waals surface area contributed by atoms with Gasteiger partial charge in [-0.05, 0) is 42.2 Å². The summed E-state index contributed by atoms with van der Waals surface area (Å²) in [5.74, 6) is 1.73. The van der Waals surface area contributed by atoms with Crippen molar-refractivity contribution >= 4 is 5.91 Å². The van der Waals surface area contributed by atoms with Crippen LogP contribution < -0.4 is 14.8 Å². The molecular weight excluding hydrogens is 290 g/mol. The molecule has 2 aromatic rings. The summed E-state index contributed by atoms with van der Waals surface area (Å²) < 4.78 is 10.4. The van der Waals surface area contributed by atoms with Gasteiger partial charge in [0.05, 0.1) is 20.6 Å². The smallest absolute Gasteiger partial charge is 0.224 e. The van der Waals surface area contributed by atoms with Gasteiger partial charge >= 0.3 is 0 Å². The van der Waals surface area contributed by atoms with E-state index in [2.05, 4.69) is 11.4 Å². The van der Waals surface area contributed by atoms with Crippen molar-refractivity contribution in [2.75, 3.05) is 20.8 Å². The number of ether oxygens (including phenoxy) is 2. The third-order valence-electron chi connectivity index (χ3n) is 3.66. The van der Waals surface area contributed by atoms with E-state index >= 15 is 0 Å². The first-order valence-corrected chi connectivity index (χ1v) is 7.74. The highest BCUT2D eigenvalue weighted by Gasteiger charge is 2.05. The Morgan fingerprint density at radius 2 is 1.74 bits per heavy atom. The van der Waals surface area contributed by atoms with E-state index in [1.807, 2.05) is 42.5 Å². The minimum absolute atomic E-state index is 0.0372. The van der Waals surface area contributed by atoms with Gasteiger partial charge < -0.3 is 14.8 Å². The Labute approximate surface area is 137 Å². The predicted molar refractivity (Wildman–Crippen MR) is 91.0 cm³/mol. The summed E-state index contributed by atoms with van der Waals surface area (Å²) in [6, 6.07) is 15.5. The van der Waals surface area contributed by atoms with Gasteiger partial charge in [-0.1, -0.05) is 30.3 Å². The molecule has 1 amide bonds. The van der Waals surface area contributed by atoms with E-state index in [0.29, 0.717) is 13.0 Å². The van der Waals surface area contributed by atoms with E-state index < -0.39 is 0 Å². The first-order valence-electron chi connectivity index (χ1n) is 7.74. The standard InChI is InChI=1S/C19H23NO3/c1-22-17-11-9-15(10-12-17)14-19(21)20-13-5-7-16-6-3-4-8-18(16)23-2/h3-4,6,8-12H,5,7,13-14H2,1-2H3,(H,20,21). The fourth-order valence-electron chi connectivity index (χ4n) is 2.41. The lowest BCUT2D eigenvalue weighted by molar-refractivity contribution is -0.120. The predicted octanol–water partition coefficient (Wildman–Crippen LogP) is 3.00. The molecule has 23 heavy (non-hydrogen) atoms. The van der Waals surface area contributed by atoms with E-state index in [9.17, 15) is 4.79 Å². The van der Waals surface area contributed by atoms with Crippen molar-refractivity contribution in [1.82, 2.24) is 5.32 Å². The Morgan fingerprint density at radius 3 is 2.43 bits per heavy atom. The van der Waals surface area contributed by atoms with Crippen LogP contribution in [-0.4, -0.2) is 26.7 Å². The average Bonchev–Trinajstić information content (AvgIpc) is 2.59. The molecule has 0 fully saturated rings. The topological polar surface area (TPSA) is 47.6 Å². The molecule has 1 N–H and O–H groups in total. The second-order valence-electron chi connectivity index (χ2n) is 5.29. The molecule has 0 unspecified atom stereocenters. The Morgan fingerprint density at radius 1 is 1.00 bits per heavy atom. The second kappa shape index (κ2) is 8.83. The van der Waals surface area contributed by atoms with Crippen molar-refractivity contribution < 1.29 is 14.3 Å². The van der Waals surface area contributed by atoms with Crippen LogP contribution in [-0.2, 0) is 17.6 Å². The number of para-hydroxylation sites is 1. The summed E-state index contributed by atoms with van der Waals surface area (Å²) in [5, 5.41) is 2.96. The van der Waals surface area contributed by atoms with Crippen molar-refractivity contribution in [3.8, 4) is 11.5 Å². The third kappa shape index (κ3) is 5.33. The number of hydrogen-bond donors (Lipinski definition) is 1. The van der Waals surface area contributed by atoms with Crippen molar-refractivity contribution in [2.24, 2.45) is 0 Å². The van der Waals surface area contributed by atoms with Gasteiger partial charge in [0.25, 0.3) is 0 Å². The third-order valence-corrected chi connectivity index (χ3v) is 3.66. The molecule has 0 aliphatic heterocycles. The number of aryl methyl sites for hydroxylation is 1. The maximum Gasteiger partial charge on any atom is 0.224 e. The number of nitrogens with one attached hydrogen (secondary N) is 1. The number of carbonyl (C=O) groups is 1. The molecule has 0 heterocycles. The zero-order chi connectivity index (χ0) is 16.5. The Hall–Kier alpha value is -2.49. The van der Waals surface area contributed by atoms with Crippen LogP contribution in [0.3, 0.4) is 0 Å². The highest BCUT2D eigenvalue weighted by molar-refractivity contribution is 5.78. The van der Waals surface area contributed by atoms with Gasteiger partial charge in [-0.25, -0.2) is 0 Å². The first kappa shape index (κ1) is 16.9. The van der Waals surface area contributed by atoms with Crippen LogP contribution in [0.4, 0.5) is 0 Å². The Bertz CT molecular complexity index is 623. The maximum absolute atomic E-state index is 11.9. The van der Waals surface area contributed by atoms with E-state index in [0.717, 1.165) is 29.9 Å². The quantitative estimate of drug-likeness (QED) is 0.762. The number of rotatable bonds is 8. The van der Waals surface area contributed by atoms with Gasteiger partial charge in [0.2, 0.25) is 5.91 Å². The molecule has 0 aromatic heterocycles. The molecule has 0 saturated heterocycles. The summed E-state index contributed by atoms with van der Waals surface area (Å²) in [6.07, 6.45) is 2.15. The lowest BCUT2D eigenvalue weighted by atomic mass is 10.1. The Kier molecular flexibility index (Phi) is 6.48. The molecule has 2 rings (SSSR count). The summed E-state index contributed by atoms with van der Waals surface area (Å²) in [7, 11) is 3.30. The van der Waals surface area contributed by atoms with Crippen LogP contribution in [0.5, 0.6) is 11.5 Å². The zero-order valence-corrected chi connectivity index (χ0v) is 13.7. The van der Waals surface area contributed by atoms with E-state index in [4.69, 9.17) is 9.47 Å². The fraction of sp³-hybridized carbons (Fsp3) is 0.316. The van der Waals surface area contributed by atoms with Crippen molar-refractivity contribution in [3.63, 3.8) is 0 Å². The molecule has 4 heteroatoms. The highest BCUT2D eigenvalue weighted by atomic mass is 16.5. The van der Waals surface area contributed by atoms with E-state index in [1.54, 1.807) is 14.2 Å². The summed E-state index contributed by atoms with van der Waals surface area (Å²) >= 11 is 0. The number of hydrogen-bond acceptors (Lipinski definition) is 3. The van der Waals surface area contributed by atoms with E-state index in [-0.39, 0.29) is 5.91 Å². The number of amides is 1. The SMILES string of the molecule is COc1ccc(CC(=O)NCCCc2ccccc2OC)cc1. The second-order valence-corrected chi connectivity index (χ2v) is 5.29. The van der Waals surface area contributed by atoms with Crippen LogP contribution >= 0.6 is 0 Å². The van der Waals surface area contributed by atoms with Crippen LogP contribution in [0.2, 0.25) is 0 Å². The largest absolute Gasteiger partial charge is 0.497 e. The molecule has 0 bridgehead atoms. The lowest BCUT2D eigenvalue weighted by Gasteiger charge is -2.09. The van der Waals surface area contributed by atoms with Crippen LogP contribution in [0, 0.1) is 0 Å². The summed E-state index contributed by atoms with van der Waals surface area (Å²) in [4.78, 5) is 11.9. The fourth-order valence-corrected chi connectivity index (χ4v) is 2.41. The lowest BCUT2D eigenvalue weighted by Crippen LogP contribution is -2.26. The van der Waals surface area contributed by atoms with Gasteiger partial charge in [0.15, 0.2) is 0 Å². The van der Waals surface area contributed by atoms with Crippen LogP contribution in [0.1, 0.15) is 17.5 Å². The van der Waals surface area contributed by atoms with Gasteiger partial charge in [-0.15, -0.1) is 0 Å². The molecular formula is C19H23NO3. The summed E-state index contributed by atoms with van der Waals surface area (Å²) in [6.45, 7) is 0.660. The molecule has 0 aliphatic rings. The van der Waals surface area contributed by atoms with Crippen molar-refractivity contribution in [2.45, 2.75) is 19.3 Å². The summed E-state index contributed by atoms with van der Waals surface area (Å²) in [5.41, 5.74) is 2.15. The normalized spacial score (nSPS) is 10.2. The van der Waals surface area contributed by atoms with Gasteiger partial charge in [-0.2, -0.15) is 0 Å². The van der Waals surface area contributed by atoms with Gasteiger partial charge in [-0.3, -0.25) is 4.79 Å². The minimum atomic E-state index is 0.0372. The number of carbonyl (C=O) groups excluding carboxylic acids is 1. The zero-order valence-electron chi connectivity index (χ0n) is 13.7.